The van der Waals surface area contributed by atoms with Crippen LogP contribution in [0, 0.1) is 0 Å². The molecule has 0 aliphatic heterocycles. The van der Waals surface area contributed by atoms with Crippen LogP contribution in [0.4, 0.5) is 0 Å². The summed E-state index contributed by atoms with van der Waals surface area (Å²) in [5.41, 5.74) is 2.10. The molecule has 1 unspecified atom stereocenters. The van der Waals surface area contributed by atoms with Crippen LogP contribution in [0.5, 0.6) is 5.75 Å². The second-order valence-corrected chi connectivity index (χ2v) is 5.44. The summed E-state index contributed by atoms with van der Waals surface area (Å²) >= 11 is 0. The SMILES string of the molecule is CC(CCO)NC(=O)CCOc1ccccc1-c1ccccc1. The molecule has 0 spiro atoms. The fourth-order valence-corrected chi connectivity index (χ4v) is 2.32. The van der Waals surface area contributed by atoms with Crippen LogP contribution in [-0.4, -0.2) is 30.3 Å². The highest BCUT2D eigenvalue weighted by molar-refractivity contribution is 5.76. The maximum Gasteiger partial charge on any atom is 0.223 e. The van der Waals surface area contributed by atoms with Gasteiger partial charge in [0.2, 0.25) is 5.91 Å². The minimum atomic E-state index is -0.0665. The molecular weight excluding hydrogens is 290 g/mol. The molecule has 4 heteroatoms. The first-order chi connectivity index (χ1) is 11.2. The molecule has 2 N–H and O–H groups in total. The highest BCUT2D eigenvalue weighted by Crippen LogP contribution is 2.29. The maximum atomic E-state index is 11.8. The Morgan fingerprint density at radius 3 is 2.57 bits per heavy atom. The summed E-state index contributed by atoms with van der Waals surface area (Å²) in [7, 11) is 0. The lowest BCUT2D eigenvalue weighted by molar-refractivity contribution is -0.122. The number of aliphatic hydroxyl groups is 1. The molecule has 2 rings (SSSR count). The summed E-state index contributed by atoms with van der Waals surface area (Å²) in [6, 6.07) is 17.8. The van der Waals surface area contributed by atoms with Gasteiger partial charge < -0.3 is 15.2 Å². The van der Waals surface area contributed by atoms with Crippen molar-refractivity contribution < 1.29 is 14.6 Å². The molecule has 4 nitrogen and oxygen atoms in total. The fourth-order valence-electron chi connectivity index (χ4n) is 2.32. The van der Waals surface area contributed by atoms with Crippen LogP contribution >= 0.6 is 0 Å². The third-order valence-corrected chi connectivity index (χ3v) is 3.53. The zero-order valence-corrected chi connectivity index (χ0v) is 13.4. The molecule has 0 radical (unpaired) electrons. The molecule has 0 bridgehead atoms. The summed E-state index contributed by atoms with van der Waals surface area (Å²) in [6.07, 6.45) is 0.850. The van der Waals surface area contributed by atoms with E-state index in [2.05, 4.69) is 5.32 Å². The Bertz CT molecular complexity index is 613. The highest BCUT2D eigenvalue weighted by Gasteiger charge is 2.09. The van der Waals surface area contributed by atoms with Crippen molar-refractivity contribution in [3.63, 3.8) is 0 Å². The number of carbonyl (C=O) groups excluding carboxylic acids is 1. The Balaban J connectivity index is 1.91. The number of hydrogen-bond acceptors (Lipinski definition) is 3. The van der Waals surface area contributed by atoms with Crippen molar-refractivity contribution in [2.24, 2.45) is 0 Å². The van der Waals surface area contributed by atoms with Gasteiger partial charge in [0.1, 0.15) is 5.75 Å². The number of para-hydroxylation sites is 1. The van der Waals surface area contributed by atoms with Crippen LogP contribution in [0.25, 0.3) is 11.1 Å². The lowest BCUT2D eigenvalue weighted by Crippen LogP contribution is -2.33. The second-order valence-electron chi connectivity index (χ2n) is 5.44. The van der Waals surface area contributed by atoms with E-state index in [0.717, 1.165) is 16.9 Å². The number of benzene rings is 2. The molecule has 2 aromatic rings. The molecule has 23 heavy (non-hydrogen) atoms. The van der Waals surface area contributed by atoms with E-state index in [1.54, 1.807) is 0 Å². The number of ether oxygens (including phenoxy) is 1. The van der Waals surface area contributed by atoms with Crippen molar-refractivity contribution in [1.29, 1.82) is 0 Å². The van der Waals surface area contributed by atoms with Gasteiger partial charge in [-0.05, 0) is 25.0 Å². The van der Waals surface area contributed by atoms with Gasteiger partial charge in [0.25, 0.3) is 0 Å². The van der Waals surface area contributed by atoms with E-state index in [1.807, 2.05) is 61.5 Å². The molecule has 0 fully saturated rings. The van der Waals surface area contributed by atoms with Gasteiger partial charge >= 0.3 is 0 Å². The molecule has 1 amide bonds. The van der Waals surface area contributed by atoms with Crippen LogP contribution in [-0.2, 0) is 4.79 Å². The lowest BCUT2D eigenvalue weighted by Gasteiger charge is -2.14. The molecule has 0 aliphatic rings. The molecule has 2 aromatic carbocycles. The zero-order valence-electron chi connectivity index (χ0n) is 13.4. The third kappa shape index (κ3) is 5.42. The van der Waals surface area contributed by atoms with Crippen molar-refractivity contribution in [2.75, 3.05) is 13.2 Å². The van der Waals surface area contributed by atoms with Gasteiger partial charge in [-0.3, -0.25) is 4.79 Å². The van der Waals surface area contributed by atoms with Crippen molar-refractivity contribution in [1.82, 2.24) is 5.32 Å². The van der Waals surface area contributed by atoms with E-state index in [1.165, 1.54) is 0 Å². The van der Waals surface area contributed by atoms with Gasteiger partial charge in [-0.15, -0.1) is 0 Å². The molecule has 0 heterocycles. The van der Waals surface area contributed by atoms with E-state index in [4.69, 9.17) is 9.84 Å². The van der Waals surface area contributed by atoms with E-state index < -0.39 is 0 Å². The van der Waals surface area contributed by atoms with Crippen molar-refractivity contribution >= 4 is 5.91 Å². The predicted molar refractivity (Wildman–Crippen MR) is 91.3 cm³/mol. The standard InChI is InChI=1S/C19H23NO3/c1-15(11-13-21)20-19(22)12-14-23-18-10-6-5-9-17(18)16-7-3-2-4-8-16/h2-10,15,21H,11-14H2,1H3,(H,20,22). The number of carbonyl (C=O) groups is 1. The first-order valence-corrected chi connectivity index (χ1v) is 7.88. The van der Waals surface area contributed by atoms with Crippen LogP contribution in [0.3, 0.4) is 0 Å². The number of hydrogen-bond donors (Lipinski definition) is 2. The summed E-state index contributed by atoms with van der Waals surface area (Å²) in [4.78, 5) is 11.8. The first-order valence-electron chi connectivity index (χ1n) is 7.88. The maximum absolute atomic E-state index is 11.8. The molecular formula is C19H23NO3. The van der Waals surface area contributed by atoms with Crippen molar-refractivity contribution in [2.45, 2.75) is 25.8 Å². The van der Waals surface area contributed by atoms with Gasteiger partial charge in [0.15, 0.2) is 0 Å². The Hall–Kier alpha value is -2.33. The average molecular weight is 313 g/mol. The second kappa shape index (κ2) is 8.96. The molecule has 122 valence electrons. The first kappa shape index (κ1) is 17.0. The Morgan fingerprint density at radius 2 is 1.83 bits per heavy atom. The fraction of sp³-hybridized carbons (Fsp3) is 0.316. The molecule has 1 atom stereocenters. The predicted octanol–water partition coefficient (Wildman–Crippen LogP) is 3.01. The number of rotatable bonds is 8. The van der Waals surface area contributed by atoms with Gasteiger partial charge in [0.05, 0.1) is 13.0 Å². The smallest absolute Gasteiger partial charge is 0.223 e. The lowest BCUT2D eigenvalue weighted by atomic mass is 10.1. The summed E-state index contributed by atoms with van der Waals surface area (Å²) in [6.45, 7) is 2.27. The van der Waals surface area contributed by atoms with Crippen molar-refractivity contribution in [3.8, 4) is 16.9 Å². The largest absolute Gasteiger partial charge is 0.492 e. The monoisotopic (exact) mass is 313 g/mol. The van der Waals surface area contributed by atoms with Gasteiger partial charge in [-0.1, -0.05) is 48.5 Å². The average Bonchev–Trinajstić information content (AvgIpc) is 2.56. The number of aliphatic hydroxyl groups excluding tert-OH is 1. The summed E-state index contributed by atoms with van der Waals surface area (Å²) in [5.74, 6) is 0.707. The van der Waals surface area contributed by atoms with Crippen LogP contribution < -0.4 is 10.1 Å². The normalized spacial score (nSPS) is 11.7. The Kier molecular flexibility index (Phi) is 6.63. The zero-order chi connectivity index (χ0) is 16.5. The van der Waals surface area contributed by atoms with Crippen molar-refractivity contribution in [3.05, 3.63) is 54.6 Å². The summed E-state index contributed by atoms with van der Waals surface area (Å²) < 4.78 is 5.79. The van der Waals surface area contributed by atoms with Crippen LogP contribution in [0.2, 0.25) is 0 Å². The van der Waals surface area contributed by atoms with E-state index >= 15 is 0 Å². The topological polar surface area (TPSA) is 58.6 Å². The van der Waals surface area contributed by atoms with E-state index in [0.29, 0.717) is 19.4 Å². The molecule has 0 saturated carbocycles. The quantitative estimate of drug-likeness (QED) is 0.787. The van der Waals surface area contributed by atoms with Gasteiger partial charge in [0, 0.05) is 18.2 Å². The Labute approximate surface area is 137 Å². The van der Waals surface area contributed by atoms with E-state index in [-0.39, 0.29) is 18.6 Å². The molecule has 0 aliphatic carbocycles. The third-order valence-electron chi connectivity index (χ3n) is 3.53. The van der Waals surface area contributed by atoms with Crippen LogP contribution in [0.15, 0.2) is 54.6 Å². The van der Waals surface area contributed by atoms with Gasteiger partial charge in [-0.25, -0.2) is 0 Å². The molecule has 0 aromatic heterocycles. The number of nitrogens with one attached hydrogen (secondary N) is 1. The van der Waals surface area contributed by atoms with Gasteiger partial charge in [-0.2, -0.15) is 0 Å². The molecule has 0 saturated heterocycles. The van der Waals surface area contributed by atoms with Crippen LogP contribution in [0.1, 0.15) is 19.8 Å². The van der Waals surface area contributed by atoms with E-state index in [9.17, 15) is 4.79 Å². The Morgan fingerprint density at radius 1 is 1.13 bits per heavy atom. The summed E-state index contributed by atoms with van der Waals surface area (Å²) in [5, 5.41) is 11.7. The minimum Gasteiger partial charge on any atom is -0.492 e. The number of amides is 1. The minimum absolute atomic E-state index is 0.0240. The highest BCUT2D eigenvalue weighted by atomic mass is 16.5.